The Balaban J connectivity index is 1.52. The fourth-order valence-electron chi connectivity index (χ4n) is 3.17. The molecule has 1 fully saturated rings. The zero-order valence-electron chi connectivity index (χ0n) is 15.6. The Morgan fingerprint density at radius 2 is 1.82 bits per heavy atom. The number of amides is 1. The van der Waals surface area contributed by atoms with Crippen LogP contribution in [0.1, 0.15) is 12.1 Å². The number of hydrogen-bond acceptors (Lipinski definition) is 6. The second kappa shape index (κ2) is 10.3. The predicted molar refractivity (Wildman–Crippen MR) is 107 cm³/mol. The van der Waals surface area contributed by atoms with Crippen molar-refractivity contribution in [3.05, 3.63) is 54.5 Å². The number of aromatic nitrogens is 2. The molecule has 0 radical (unpaired) electrons. The molecule has 2 atom stereocenters. The minimum Gasteiger partial charge on any atom is -0.354 e. The summed E-state index contributed by atoms with van der Waals surface area (Å²) >= 11 is 0. The molecule has 2 aromatic rings. The van der Waals surface area contributed by atoms with Crippen LogP contribution in [-0.2, 0) is 22.2 Å². The van der Waals surface area contributed by atoms with Crippen molar-refractivity contribution in [3.63, 3.8) is 0 Å². The van der Waals surface area contributed by atoms with Gasteiger partial charge in [-0.3, -0.25) is 15.0 Å². The lowest BCUT2D eigenvalue weighted by atomic mass is 10.1. The van der Waals surface area contributed by atoms with Gasteiger partial charge in [0.15, 0.2) is 0 Å². The summed E-state index contributed by atoms with van der Waals surface area (Å²) in [6, 6.07) is 10.9. The van der Waals surface area contributed by atoms with Gasteiger partial charge in [0.2, 0.25) is 6.41 Å². The average Bonchev–Trinajstić information content (AvgIpc) is 2.77. The minimum absolute atomic E-state index is 0.200. The summed E-state index contributed by atoms with van der Waals surface area (Å²) in [5.41, 5.74) is 0.876. The number of rotatable bonds is 9. The van der Waals surface area contributed by atoms with Crippen LogP contribution in [0.5, 0.6) is 0 Å². The van der Waals surface area contributed by atoms with Crippen molar-refractivity contribution < 1.29 is 14.2 Å². The van der Waals surface area contributed by atoms with E-state index in [1.165, 1.54) is 0 Å². The van der Waals surface area contributed by atoms with Crippen LogP contribution >= 0.6 is 0 Å². The number of piperazine rings is 1. The van der Waals surface area contributed by atoms with Crippen molar-refractivity contribution in [1.29, 1.82) is 0 Å². The van der Waals surface area contributed by atoms with Gasteiger partial charge in [-0.2, -0.15) is 0 Å². The summed E-state index contributed by atoms with van der Waals surface area (Å²) in [4.78, 5) is 21.8. The molecule has 0 aliphatic carbocycles. The molecule has 150 valence electrons. The fraction of sp³-hybridized carbons (Fsp3) is 0.421. The molecule has 3 heterocycles. The number of anilines is 1. The van der Waals surface area contributed by atoms with Gasteiger partial charge in [0, 0.05) is 44.3 Å². The van der Waals surface area contributed by atoms with Crippen LogP contribution in [0.25, 0.3) is 0 Å². The molecular formula is C19H25N5O3S. The Bertz CT molecular complexity index is 757. The highest BCUT2D eigenvalue weighted by Gasteiger charge is 2.26. The summed E-state index contributed by atoms with van der Waals surface area (Å²) in [7, 11) is -1.28. The van der Waals surface area contributed by atoms with E-state index in [0.717, 1.165) is 24.6 Å². The maximum Gasteiger partial charge on any atom is 0.233 e. The topological polar surface area (TPSA) is 89.9 Å². The molecule has 0 bridgehead atoms. The number of hydrogen-bond donors (Lipinski definition) is 1. The van der Waals surface area contributed by atoms with Gasteiger partial charge in [0.1, 0.15) is 5.82 Å². The lowest BCUT2D eigenvalue weighted by Gasteiger charge is -2.35. The molecule has 0 spiro atoms. The number of aryl methyl sites for hydroxylation is 1. The van der Waals surface area contributed by atoms with E-state index in [4.69, 9.17) is 0 Å². The van der Waals surface area contributed by atoms with Crippen LogP contribution < -0.4 is 4.90 Å². The lowest BCUT2D eigenvalue weighted by Crippen LogP contribution is -2.49. The van der Waals surface area contributed by atoms with Crippen molar-refractivity contribution in [2.75, 3.05) is 36.8 Å². The molecule has 1 aliphatic rings. The standard InChI is InChI=1S/C19H25N5O3S/c25-16-24(26)18(8-7-17-5-1-3-9-20-17)15-28(27)23-13-11-22(12-14-23)19-6-2-4-10-21-19/h1-6,9-10,16,18,26H,7-8,11-15H2. The Labute approximate surface area is 167 Å². The van der Waals surface area contributed by atoms with E-state index in [2.05, 4.69) is 14.9 Å². The molecule has 2 unspecified atom stereocenters. The maximum atomic E-state index is 12.8. The summed E-state index contributed by atoms with van der Waals surface area (Å²) in [6.45, 7) is 2.75. The van der Waals surface area contributed by atoms with Gasteiger partial charge in [0.05, 0.1) is 22.8 Å². The predicted octanol–water partition coefficient (Wildman–Crippen LogP) is 1.11. The van der Waals surface area contributed by atoms with E-state index < -0.39 is 17.0 Å². The fourth-order valence-corrected chi connectivity index (χ4v) is 4.60. The quantitative estimate of drug-likeness (QED) is 0.383. The van der Waals surface area contributed by atoms with Gasteiger partial charge in [0.25, 0.3) is 0 Å². The first-order chi connectivity index (χ1) is 13.7. The van der Waals surface area contributed by atoms with Crippen molar-refractivity contribution in [1.82, 2.24) is 19.3 Å². The van der Waals surface area contributed by atoms with E-state index in [9.17, 15) is 14.2 Å². The van der Waals surface area contributed by atoms with Gasteiger partial charge in [-0.1, -0.05) is 12.1 Å². The molecule has 0 aromatic carbocycles. The molecule has 0 saturated carbocycles. The Morgan fingerprint density at radius 3 is 2.43 bits per heavy atom. The summed E-state index contributed by atoms with van der Waals surface area (Å²) in [5, 5.41) is 10.5. The Morgan fingerprint density at radius 1 is 1.11 bits per heavy atom. The molecule has 1 saturated heterocycles. The van der Waals surface area contributed by atoms with Crippen molar-refractivity contribution in [2.24, 2.45) is 0 Å². The molecule has 1 N–H and O–H groups in total. The highest BCUT2D eigenvalue weighted by atomic mass is 32.2. The van der Waals surface area contributed by atoms with E-state index >= 15 is 0 Å². The number of nitrogens with zero attached hydrogens (tertiary/aromatic N) is 5. The second-order valence-corrected chi connectivity index (χ2v) is 8.08. The smallest absolute Gasteiger partial charge is 0.233 e. The Hall–Kier alpha value is -2.36. The van der Waals surface area contributed by atoms with Crippen LogP contribution in [0.2, 0.25) is 0 Å². The number of pyridine rings is 2. The van der Waals surface area contributed by atoms with Gasteiger partial charge < -0.3 is 4.90 Å². The first-order valence-corrected chi connectivity index (χ1v) is 10.6. The largest absolute Gasteiger partial charge is 0.354 e. The lowest BCUT2D eigenvalue weighted by molar-refractivity contribution is -0.158. The van der Waals surface area contributed by atoms with Crippen LogP contribution in [0.15, 0.2) is 48.8 Å². The number of carbonyl (C=O) groups is 1. The summed E-state index contributed by atoms with van der Waals surface area (Å²) in [5.74, 6) is 1.12. The minimum atomic E-state index is -1.28. The van der Waals surface area contributed by atoms with Crippen LogP contribution in [0.4, 0.5) is 5.82 Å². The van der Waals surface area contributed by atoms with Crippen molar-refractivity contribution in [3.8, 4) is 0 Å². The van der Waals surface area contributed by atoms with Crippen LogP contribution in [-0.4, -0.2) is 73.1 Å². The van der Waals surface area contributed by atoms with E-state index in [0.29, 0.717) is 37.4 Å². The molecule has 9 heteroatoms. The first-order valence-electron chi connectivity index (χ1n) is 9.29. The third-order valence-corrected chi connectivity index (χ3v) is 6.39. The molecule has 2 aromatic heterocycles. The van der Waals surface area contributed by atoms with Gasteiger partial charge in [-0.05, 0) is 37.1 Å². The summed E-state index contributed by atoms with van der Waals surface area (Å²) in [6.07, 6.45) is 4.94. The number of hydroxylamine groups is 2. The SMILES string of the molecule is O=CN(O)C(CCc1ccccn1)CS(=O)N1CCN(c2ccccn2)CC1. The molecule has 1 amide bonds. The third kappa shape index (κ3) is 5.57. The van der Waals surface area contributed by atoms with Gasteiger partial charge >= 0.3 is 0 Å². The van der Waals surface area contributed by atoms with Gasteiger partial charge in [-0.25, -0.2) is 18.6 Å². The molecule has 28 heavy (non-hydrogen) atoms. The van der Waals surface area contributed by atoms with Gasteiger partial charge in [-0.15, -0.1) is 0 Å². The van der Waals surface area contributed by atoms with E-state index in [1.807, 2.05) is 40.7 Å². The molecule has 3 rings (SSSR count). The van der Waals surface area contributed by atoms with Crippen LogP contribution in [0.3, 0.4) is 0 Å². The number of carbonyl (C=O) groups excluding carboxylic acids is 1. The average molecular weight is 404 g/mol. The maximum absolute atomic E-state index is 12.8. The normalized spacial score (nSPS) is 17.1. The van der Waals surface area contributed by atoms with Crippen molar-refractivity contribution >= 4 is 23.2 Å². The first kappa shape index (κ1) is 20.4. The molecule has 1 aliphatic heterocycles. The second-order valence-electron chi connectivity index (χ2n) is 6.59. The molecular weight excluding hydrogens is 378 g/mol. The summed E-state index contributed by atoms with van der Waals surface area (Å²) < 4.78 is 14.7. The van der Waals surface area contributed by atoms with E-state index in [1.54, 1.807) is 12.4 Å². The Kier molecular flexibility index (Phi) is 7.46. The van der Waals surface area contributed by atoms with Crippen LogP contribution in [0, 0.1) is 0 Å². The van der Waals surface area contributed by atoms with E-state index in [-0.39, 0.29) is 5.75 Å². The monoisotopic (exact) mass is 403 g/mol. The third-order valence-electron chi connectivity index (χ3n) is 4.78. The zero-order valence-corrected chi connectivity index (χ0v) is 16.4. The molecule has 8 nitrogen and oxygen atoms in total. The zero-order chi connectivity index (χ0) is 19.8. The highest BCUT2D eigenvalue weighted by molar-refractivity contribution is 7.82. The van der Waals surface area contributed by atoms with Crippen molar-refractivity contribution in [2.45, 2.75) is 18.9 Å². The highest BCUT2D eigenvalue weighted by Crippen LogP contribution is 2.15.